The summed E-state index contributed by atoms with van der Waals surface area (Å²) >= 11 is 4.97. The molecule has 2 heterocycles. The predicted molar refractivity (Wildman–Crippen MR) is 169 cm³/mol. The molecule has 0 aliphatic carbocycles. The molecule has 2 aliphatic rings. The Hall–Kier alpha value is -3.87. The van der Waals surface area contributed by atoms with Crippen molar-refractivity contribution in [1.29, 1.82) is 0 Å². The Bertz CT molecular complexity index is 1280. The molecule has 6 nitrogen and oxygen atoms in total. The van der Waals surface area contributed by atoms with E-state index in [-0.39, 0.29) is 12.7 Å². The van der Waals surface area contributed by atoms with Gasteiger partial charge in [-0.2, -0.15) is 0 Å². The van der Waals surface area contributed by atoms with Gasteiger partial charge in [0.25, 0.3) is 0 Å². The Morgan fingerprint density at radius 1 is 0.667 bits per heavy atom. The highest BCUT2D eigenvalue weighted by Crippen LogP contribution is 2.13. The van der Waals surface area contributed by atoms with Gasteiger partial charge < -0.3 is 14.4 Å². The van der Waals surface area contributed by atoms with E-state index >= 15 is 0 Å². The number of halogens is 1. The van der Waals surface area contributed by atoms with E-state index in [9.17, 15) is 9.59 Å². The summed E-state index contributed by atoms with van der Waals surface area (Å²) in [6, 6.07) is 29.8. The summed E-state index contributed by atoms with van der Waals surface area (Å²) in [4.78, 5) is 26.2. The first-order chi connectivity index (χ1) is 20.4. The van der Waals surface area contributed by atoms with Crippen molar-refractivity contribution in [2.24, 2.45) is 0 Å². The largest absolute Gasteiger partial charge is 0.449 e. The van der Waals surface area contributed by atoms with Gasteiger partial charge in [-0.05, 0) is 43.4 Å². The number of carbonyl (C=O) groups is 2. The van der Waals surface area contributed by atoms with E-state index in [2.05, 4.69) is 59.0 Å². The Labute approximate surface area is 255 Å². The number of amides is 1. The molecule has 0 radical (unpaired) electrons. The molecular formula is C35H41ClN2O4. The molecule has 0 aromatic heterocycles. The van der Waals surface area contributed by atoms with E-state index in [0.29, 0.717) is 13.2 Å². The van der Waals surface area contributed by atoms with Gasteiger partial charge in [0.2, 0.25) is 0 Å². The molecule has 0 spiro atoms. The fourth-order valence-electron chi connectivity index (χ4n) is 4.56. The summed E-state index contributed by atoms with van der Waals surface area (Å²) < 4.78 is 9.83. The minimum Gasteiger partial charge on any atom is -0.449 e. The third-order valence-electron chi connectivity index (χ3n) is 6.65. The lowest BCUT2D eigenvalue weighted by atomic mass is 10.1. The molecule has 222 valence electrons. The smallest absolute Gasteiger partial charge is 0.410 e. The molecule has 3 aromatic rings. The van der Waals surface area contributed by atoms with E-state index < -0.39 is 5.43 Å². The molecule has 42 heavy (non-hydrogen) atoms. The van der Waals surface area contributed by atoms with Crippen molar-refractivity contribution in [3.8, 4) is 0 Å². The highest BCUT2D eigenvalue weighted by atomic mass is 35.5. The molecule has 0 unspecified atom stereocenters. The zero-order valence-corrected chi connectivity index (χ0v) is 25.3. The minimum absolute atomic E-state index is 0.221. The summed E-state index contributed by atoms with van der Waals surface area (Å²) in [6.07, 6.45) is 6.43. The number of hydrogen-bond donors (Lipinski definition) is 0. The first kappa shape index (κ1) is 32.6. The molecule has 7 heteroatoms. The summed E-state index contributed by atoms with van der Waals surface area (Å²) in [7, 11) is 0. The third-order valence-corrected chi connectivity index (χ3v) is 6.76. The lowest BCUT2D eigenvalue weighted by molar-refractivity contribution is 0.0983. The molecule has 1 amide bonds. The lowest BCUT2D eigenvalue weighted by Crippen LogP contribution is -2.35. The summed E-state index contributed by atoms with van der Waals surface area (Å²) in [6.45, 7) is 9.71. The Morgan fingerprint density at radius 2 is 1.14 bits per heavy atom. The van der Waals surface area contributed by atoms with E-state index in [1.165, 1.54) is 29.7 Å². The van der Waals surface area contributed by atoms with Crippen molar-refractivity contribution in [3.63, 3.8) is 0 Å². The van der Waals surface area contributed by atoms with Gasteiger partial charge in [-0.25, -0.2) is 9.59 Å². The highest BCUT2D eigenvalue weighted by Gasteiger charge is 2.17. The van der Waals surface area contributed by atoms with Crippen LogP contribution >= 0.6 is 11.6 Å². The van der Waals surface area contributed by atoms with Crippen LogP contribution < -0.4 is 0 Å². The molecule has 0 saturated heterocycles. The van der Waals surface area contributed by atoms with Crippen LogP contribution in [-0.4, -0.2) is 47.5 Å². The molecule has 0 bridgehead atoms. The third kappa shape index (κ3) is 13.2. The number of rotatable bonds is 6. The number of hydrogen-bond acceptors (Lipinski definition) is 5. The van der Waals surface area contributed by atoms with Gasteiger partial charge in [0.05, 0.1) is 0 Å². The standard InChI is InChI=1S/C14H17NO2.C13H17N.C8H7ClO2/c1-12-6-5-9-15(10-12)14(16)17-11-13-7-3-2-4-8-13;1-12-6-5-9-14(10-12)11-13-7-3-2-4-8-13;9-8(10)11-6-7-4-2-1-3-5-7/h2-4,6-8H,5,9-11H2,1H3;2-4,6-8H,5,9-11H2,1H3;1-5H,6H2. The lowest BCUT2D eigenvalue weighted by Gasteiger charge is -2.25. The van der Waals surface area contributed by atoms with Crippen molar-refractivity contribution in [3.05, 3.63) is 131 Å². The molecule has 0 saturated carbocycles. The molecular weight excluding hydrogens is 548 g/mol. The highest BCUT2D eigenvalue weighted by molar-refractivity contribution is 6.61. The van der Waals surface area contributed by atoms with Crippen molar-refractivity contribution >= 4 is 23.1 Å². The maximum absolute atomic E-state index is 11.8. The second kappa shape index (κ2) is 18.5. The molecule has 3 aromatic carbocycles. The Kier molecular flexibility index (Phi) is 14.4. The van der Waals surface area contributed by atoms with Crippen LogP contribution in [0.4, 0.5) is 9.59 Å². The van der Waals surface area contributed by atoms with Crippen LogP contribution in [0.15, 0.2) is 114 Å². The molecule has 0 atom stereocenters. The topological polar surface area (TPSA) is 59.1 Å². The fraction of sp³-hybridized carbons (Fsp3) is 0.314. The van der Waals surface area contributed by atoms with Gasteiger partial charge in [-0.1, -0.05) is 114 Å². The van der Waals surface area contributed by atoms with Crippen molar-refractivity contribution in [2.45, 2.75) is 46.4 Å². The van der Waals surface area contributed by atoms with Gasteiger partial charge in [0.1, 0.15) is 13.2 Å². The van der Waals surface area contributed by atoms with Crippen LogP contribution in [-0.2, 0) is 29.2 Å². The summed E-state index contributed by atoms with van der Waals surface area (Å²) in [5.41, 5.74) is 5.34. The van der Waals surface area contributed by atoms with Crippen LogP contribution in [0.1, 0.15) is 43.4 Å². The zero-order chi connectivity index (χ0) is 30.0. The molecule has 2 aliphatic heterocycles. The second-order valence-electron chi connectivity index (χ2n) is 10.3. The zero-order valence-electron chi connectivity index (χ0n) is 24.6. The van der Waals surface area contributed by atoms with E-state index in [1.54, 1.807) is 4.90 Å². The van der Waals surface area contributed by atoms with Gasteiger partial charge >= 0.3 is 11.5 Å². The van der Waals surface area contributed by atoms with E-state index in [4.69, 9.17) is 16.3 Å². The first-order valence-corrected chi connectivity index (χ1v) is 14.7. The fourth-order valence-corrected chi connectivity index (χ4v) is 4.61. The van der Waals surface area contributed by atoms with Gasteiger partial charge in [0, 0.05) is 44.3 Å². The average Bonchev–Trinajstić information content (AvgIpc) is 3.01. The van der Waals surface area contributed by atoms with Crippen molar-refractivity contribution in [1.82, 2.24) is 9.80 Å². The monoisotopic (exact) mass is 588 g/mol. The molecule has 5 rings (SSSR count). The second-order valence-corrected chi connectivity index (χ2v) is 10.7. The quantitative estimate of drug-likeness (QED) is 0.214. The van der Waals surface area contributed by atoms with E-state index in [1.807, 2.05) is 67.6 Å². The van der Waals surface area contributed by atoms with Crippen LogP contribution in [0.5, 0.6) is 0 Å². The first-order valence-electron chi connectivity index (χ1n) is 14.3. The van der Waals surface area contributed by atoms with Crippen molar-refractivity contribution in [2.75, 3.05) is 26.2 Å². The number of benzene rings is 3. The number of ether oxygens (including phenoxy) is 2. The van der Waals surface area contributed by atoms with Gasteiger partial charge in [0.15, 0.2) is 0 Å². The van der Waals surface area contributed by atoms with Crippen LogP contribution in [0.2, 0.25) is 0 Å². The molecule has 0 N–H and O–H groups in total. The summed E-state index contributed by atoms with van der Waals surface area (Å²) in [5, 5.41) is 0. The number of carbonyl (C=O) groups excluding carboxylic acids is 2. The van der Waals surface area contributed by atoms with Crippen LogP contribution in [0, 0.1) is 0 Å². The van der Waals surface area contributed by atoms with Gasteiger partial charge in [-0.15, -0.1) is 0 Å². The predicted octanol–water partition coefficient (Wildman–Crippen LogP) is 8.38. The number of nitrogens with zero attached hydrogens (tertiary/aromatic N) is 2. The Balaban J connectivity index is 0.000000177. The van der Waals surface area contributed by atoms with E-state index in [0.717, 1.165) is 37.2 Å². The minimum atomic E-state index is -0.770. The van der Waals surface area contributed by atoms with Crippen molar-refractivity contribution < 1.29 is 19.1 Å². The normalized spacial score (nSPS) is 14.6. The Morgan fingerprint density at radius 3 is 1.64 bits per heavy atom. The SMILES string of the molecule is CC1=CCCN(C(=O)OCc2ccccc2)C1.CC1=CCCN(Cc2ccccc2)C1.O=C(Cl)OCc1ccccc1. The van der Waals surface area contributed by atoms with Crippen LogP contribution in [0.3, 0.4) is 0 Å². The maximum Gasteiger partial charge on any atom is 0.410 e. The maximum atomic E-state index is 11.8. The summed E-state index contributed by atoms with van der Waals surface area (Å²) in [5.74, 6) is 0. The van der Waals surface area contributed by atoms with Gasteiger partial charge in [-0.3, -0.25) is 4.90 Å². The average molecular weight is 589 g/mol. The van der Waals surface area contributed by atoms with Crippen LogP contribution in [0.25, 0.3) is 0 Å². The molecule has 0 fully saturated rings.